The number of benzene rings is 2. The van der Waals surface area contributed by atoms with Crippen molar-refractivity contribution < 1.29 is 19.6 Å². The van der Waals surface area contributed by atoms with E-state index in [2.05, 4.69) is 10.1 Å². The largest absolute Gasteiger partial charge is 0.454 e. The van der Waals surface area contributed by atoms with Gasteiger partial charge in [-0.15, -0.1) is 0 Å². The van der Waals surface area contributed by atoms with E-state index in [4.69, 9.17) is 9.47 Å². The zero-order valence-electron chi connectivity index (χ0n) is 13.3. The van der Waals surface area contributed by atoms with E-state index in [9.17, 15) is 15.3 Å². The second-order valence-electron chi connectivity index (χ2n) is 5.42. The number of aromatic nitrogens is 3. The van der Waals surface area contributed by atoms with Gasteiger partial charge in [-0.05, 0) is 39.5 Å². The Morgan fingerprint density at radius 3 is 2.73 bits per heavy atom. The minimum Gasteiger partial charge on any atom is -0.454 e. The average molecular weight is 355 g/mol. The molecular formula is C16H13N5O5. The van der Waals surface area contributed by atoms with Crippen LogP contribution < -0.4 is 15.0 Å². The summed E-state index contributed by atoms with van der Waals surface area (Å²) in [5.41, 5.74) is 0.954. The van der Waals surface area contributed by atoms with Crippen molar-refractivity contribution in [2.24, 2.45) is 4.99 Å². The fourth-order valence-electron chi connectivity index (χ4n) is 2.54. The summed E-state index contributed by atoms with van der Waals surface area (Å²) >= 11 is 0. The van der Waals surface area contributed by atoms with E-state index in [1.165, 1.54) is 0 Å². The number of hydrogen-bond donors (Lipinski definition) is 1. The maximum Gasteiger partial charge on any atom is 0.438 e. The summed E-state index contributed by atoms with van der Waals surface area (Å²) in [5, 5.41) is 25.5. The molecule has 0 spiro atoms. The lowest BCUT2D eigenvalue weighted by atomic mass is 10.2. The van der Waals surface area contributed by atoms with Crippen molar-refractivity contribution in [3.63, 3.8) is 0 Å². The predicted octanol–water partition coefficient (Wildman–Crippen LogP) is 1.65. The summed E-state index contributed by atoms with van der Waals surface area (Å²) in [5.74, 6) is 0.676. The third kappa shape index (κ3) is 2.73. The number of nitro groups is 1. The molecule has 4 rings (SSSR count). The normalized spacial score (nSPS) is 13.2. The SMILES string of the molecule is O=[N+]([O-])c1nn(-c2ccccc2)n(O)c1=NCc1ccc2c(c1)OCO2. The molecule has 0 aliphatic carbocycles. The standard InChI is InChI=1S/C16H13N5O5/c22-20-15(17-9-11-6-7-13-14(8-11)26-10-25-13)16(21(23)24)18-19(20)12-4-2-1-3-5-12/h1-8,22H,9-10H2. The van der Waals surface area contributed by atoms with Gasteiger partial charge in [0.2, 0.25) is 6.79 Å². The second-order valence-corrected chi connectivity index (χ2v) is 5.42. The van der Waals surface area contributed by atoms with Crippen LogP contribution in [0.1, 0.15) is 5.56 Å². The lowest BCUT2D eigenvalue weighted by Crippen LogP contribution is -2.22. The smallest absolute Gasteiger partial charge is 0.438 e. The molecule has 0 saturated carbocycles. The maximum atomic E-state index is 11.3. The first-order chi connectivity index (χ1) is 12.6. The molecule has 1 aliphatic rings. The van der Waals surface area contributed by atoms with Crippen molar-refractivity contribution >= 4 is 5.82 Å². The quantitative estimate of drug-likeness (QED) is 0.432. The summed E-state index contributed by atoms with van der Waals surface area (Å²) in [6.07, 6.45) is 0. The number of hydrogen-bond acceptors (Lipinski definition) is 7. The number of ether oxygens (including phenoxy) is 2. The van der Waals surface area contributed by atoms with Crippen molar-refractivity contribution in [3.8, 4) is 17.2 Å². The monoisotopic (exact) mass is 355 g/mol. The van der Waals surface area contributed by atoms with E-state index < -0.39 is 10.7 Å². The molecule has 1 aromatic heterocycles. The van der Waals surface area contributed by atoms with Gasteiger partial charge in [0.25, 0.3) is 5.49 Å². The van der Waals surface area contributed by atoms with E-state index >= 15 is 0 Å². The van der Waals surface area contributed by atoms with E-state index in [1.807, 2.05) is 0 Å². The van der Waals surface area contributed by atoms with E-state index in [0.29, 0.717) is 22.0 Å². The van der Waals surface area contributed by atoms with Gasteiger partial charge in [-0.25, -0.2) is 0 Å². The van der Waals surface area contributed by atoms with Gasteiger partial charge in [0.1, 0.15) is 5.69 Å². The van der Waals surface area contributed by atoms with Crippen LogP contribution in [0.2, 0.25) is 0 Å². The van der Waals surface area contributed by atoms with Gasteiger partial charge in [0, 0.05) is 0 Å². The molecule has 2 heterocycles. The fourth-order valence-corrected chi connectivity index (χ4v) is 2.54. The average Bonchev–Trinajstić information content (AvgIpc) is 3.24. The van der Waals surface area contributed by atoms with Crippen molar-refractivity contribution in [1.29, 1.82) is 0 Å². The third-order valence-corrected chi connectivity index (χ3v) is 3.77. The van der Waals surface area contributed by atoms with Crippen molar-refractivity contribution in [2.45, 2.75) is 6.54 Å². The third-order valence-electron chi connectivity index (χ3n) is 3.77. The number of para-hydroxylation sites is 1. The molecule has 0 bridgehead atoms. The molecule has 0 unspecified atom stereocenters. The van der Waals surface area contributed by atoms with Gasteiger partial charge in [0.05, 0.1) is 11.6 Å². The zero-order valence-corrected chi connectivity index (χ0v) is 13.3. The first-order valence-electron chi connectivity index (χ1n) is 7.64. The van der Waals surface area contributed by atoms with Gasteiger partial charge >= 0.3 is 5.82 Å². The minimum absolute atomic E-state index is 0.0958. The lowest BCUT2D eigenvalue weighted by molar-refractivity contribution is -0.391. The van der Waals surface area contributed by atoms with Crippen LogP contribution in [0.5, 0.6) is 11.5 Å². The molecule has 1 aliphatic heterocycles. The van der Waals surface area contributed by atoms with E-state index in [0.717, 1.165) is 10.4 Å². The first-order valence-corrected chi connectivity index (χ1v) is 7.64. The van der Waals surface area contributed by atoms with Crippen LogP contribution in [0.4, 0.5) is 5.82 Å². The predicted molar refractivity (Wildman–Crippen MR) is 87.2 cm³/mol. The Bertz CT molecular complexity index is 1040. The molecule has 132 valence electrons. The van der Waals surface area contributed by atoms with Crippen LogP contribution in [0, 0.1) is 10.1 Å². The molecule has 2 aromatic carbocycles. The zero-order chi connectivity index (χ0) is 18.1. The molecule has 0 fully saturated rings. The van der Waals surface area contributed by atoms with Crippen LogP contribution in [0.3, 0.4) is 0 Å². The highest BCUT2D eigenvalue weighted by molar-refractivity contribution is 5.44. The summed E-state index contributed by atoms with van der Waals surface area (Å²) in [6, 6.07) is 13.8. The van der Waals surface area contributed by atoms with Crippen LogP contribution in [-0.2, 0) is 6.54 Å². The molecule has 26 heavy (non-hydrogen) atoms. The molecule has 10 heteroatoms. The number of fused-ring (bicyclic) bond motifs is 1. The molecule has 1 N–H and O–H groups in total. The van der Waals surface area contributed by atoms with Gasteiger partial charge in [-0.3, -0.25) is 4.99 Å². The Morgan fingerprint density at radius 1 is 1.19 bits per heavy atom. The molecular weight excluding hydrogens is 342 g/mol. The highest BCUT2D eigenvalue weighted by atomic mass is 16.7. The van der Waals surface area contributed by atoms with Gasteiger partial charge in [0.15, 0.2) is 11.5 Å². The van der Waals surface area contributed by atoms with Crippen molar-refractivity contribution in [3.05, 3.63) is 69.7 Å². The fraction of sp³-hybridized carbons (Fsp3) is 0.125. The Hall–Kier alpha value is -3.82. The number of rotatable bonds is 4. The summed E-state index contributed by atoms with van der Waals surface area (Å²) in [7, 11) is 0. The summed E-state index contributed by atoms with van der Waals surface area (Å²) < 4.78 is 10.5. The van der Waals surface area contributed by atoms with Gasteiger partial charge in [-0.1, -0.05) is 29.1 Å². The van der Waals surface area contributed by atoms with Gasteiger partial charge < -0.3 is 24.8 Å². The van der Waals surface area contributed by atoms with Crippen molar-refractivity contribution in [2.75, 3.05) is 6.79 Å². The lowest BCUT2D eigenvalue weighted by Gasteiger charge is -2.00. The highest BCUT2D eigenvalue weighted by Gasteiger charge is 2.24. The highest BCUT2D eigenvalue weighted by Crippen LogP contribution is 2.32. The number of nitrogens with zero attached hydrogens (tertiary/aromatic N) is 5. The van der Waals surface area contributed by atoms with Gasteiger partial charge in [-0.2, -0.15) is 0 Å². The molecule has 10 nitrogen and oxygen atoms in total. The Balaban J connectivity index is 1.74. The second kappa shape index (κ2) is 6.24. The topological polar surface area (TPSA) is 117 Å². The maximum absolute atomic E-state index is 11.3. The first kappa shape index (κ1) is 15.7. The molecule has 3 aromatic rings. The van der Waals surface area contributed by atoms with E-state index in [-0.39, 0.29) is 18.8 Å². The summed E-state index contributed by atoms with van der Waals surface area (Å²) in [4.78, 5) is 16.3. The van der Waals surface area contributed by atoms with Crippen LogP contribution in [-0.4, -0.2) is 31.7 Å². The minimum atomic E-state index is -0.690. The summed E-state index contributed by atoms with van der Waals surface area (Å²) in [6.45, 7) is 0.250. The van der Waals surface area contributed by atoms with Crippen LogP contribution >= 0.6 is 0 Å². The van der Waals surface area contributed by atoms with E-state index in [1.54, 1.807) is 48.5 Å². The molecule has 0 saturated heterocycles. The Labute approximate surface area is 146 Å². The van der Waals surface area contributed by atoms with Crippen LogP contribution in [0.25, 0.3) is 5.69 Å². The Morgan fingerprint density at radius 2 is 1.96 bits per heavy atom. The Kier molecular flexibility index (Phi) is 3.77. The van der Waals surface area contributed by atoms with Crippen LogP contribution in [0.15, 0.2) is 53.5 Å². The molecule has 0 atom stereocenters. The molecule has 0 radical (unpaired) electrons. The molecule has 0 amide bonds. The van der Waals surface area contributed by atoms with Crippen molar-refractivity contribution in [1.82, 2.24) is 14.7 Å².